The number of nitrogens with one attached hydrogen (secondary N) is 1. The molecule has 0 amide bonds. The van der Waals surface area contributed by atoms with E-state index < -0.39 is 5.69 Å². The Hall–Kier alpha value is -2.11. The minimum absolute atomic E-state index is 0.382. The second-order valence-electron chi connectivity index (χ2n) is 4.54. The van der Waals surface area contributed by atoms with Crippen LogP contribution in [0.4, 0.5) is 0 Å². The maximum atomic E-state index is 11.8. The fraction of sp³-hybridized carbons (Fsp3) is 0.462. The highest BCUT2D eigenvalue weighted by Gasteiger charge is 2.13. The minimum Gasteiger partial charge on any atom is -0.325 e. The number of fused-ring (bicyclic) bond motifs is 1. The molecule has 2 aromatic rings. The maximum Gasteiger partial charge on any atom is 0.329 e. The van der Waals surface area contributed by atoms with Gasteiger partial charge in [-0.1, -0.05) is 12.2 Å². The van der Waals surface area contributed by atoms with Gasteiger partial charge in [0.25, 0.3) is 5.56 Å². The summed E-state index contributed by atoms with van der Waals surface area (Å²) in [5.41, 5.74) is 0.0734. The zero-order chi connectivity index (χ0) is 14.0. The highest BCUT2D eigenvalue weighted by Crippen LogP contribution is 2.11. The summed E-state index contributed by atoms with van der Waals surface area (Å²) in [6, 6.07) is 0. The number of unbranched alkanes of at least 4 members (excludes halogenated alkanes) is 1. The molecule has 0 aliphatic carbocycles. The number of aromatic amines is 1. The van der Waals surface area contributed by atoms with E-state index in [1.165, 1.54) is 4.57 Å². The average molecular weight is 262 g/mol. The van der Waals surface area contributed by atoms with E-state index in [0.29, 0.717) is 11.2 Å². The van der Waals surface area contributed by atoms with Gasteiger partial charge in [0.05, 0.1) is 0 Å². The molecule has 0 bridgehead atoms. The van der Waals surface area contributed by atoms with Gasteiger partial charge in [-0.25, -0.2) is 9.78 Å². The van der Waals surface area contributed by atoms with Crippen LogP contribution in [0.2, 0.25) is 0 Å². The minimum atomic E-state index is -0.434. The highest BCUT2D eigenvalue weighted by atomic mass is 16.2. The molecule has 1 N–H and O–H groups in total. The van der Waals surface area contributed by atoms with Crippen LogP contribution < -0.4 is 11.2 Å². The number of nitrogens with zero attached hydrogens (tertiary/aromatic N) is 3. The molecule has 0 unspecified atom stereocenters. The van der Waals surface area contributed by atoms with E-state index >= 15 is 0 Å². The molecule has 0 atom stereocenters. The molecule has 19 heavy (non-hydrogen) atoms. The number of H-pyrrole nitrogens is 1. The molecular weight excluding hydrogens is 244 g/mol. The predicted octanol–water partition coefficient (Wildman–Crippen LogP) is 0.859. The van der Waals surface area contributed by atoms with E-state index in [4.69, 9.17) is 0 Å². The molecule has 0 saturated carbocycles. The molecule has 0 saturated heterocycles. The van der Waals surface area contributed by atoms with Crippen molar-refractivity contribution in [2.24, 2.45) is 14.1 Å². The molecule has 6 heteroatoms. The lowest BCUT2D eigenvalue weighted by Gasteiger charge is -2.00. The SMILES string of the molecule is CC=CCCCc1nc2c(c(=O)[nH]c(=O)n2C)n1C. The Morgan fingerprint density at radius 1 is 1.26 bits per heavy atom. The summed E-state index contributed by atoms with van der Waals surface area (Å²) in [5, 5.41) is 0. The van der Waals surface area contributed by atoms with Gasteiger partial charge in [-0.05, 0) is 19.8 Å². The van der Waals surface area contributed by atoms with Crippen molar-refractivity contribution in [2.75, 3.05) is 0 Å². The van der Waals surface area contributed by atoms with Crippen molar-refractivity contribution >= 4 is 11.2 Å². The van der Waals surface area contributed by atoms with Crippen LogP contribution in [0.1, 0.15) is 25.6 Å². The van der Waals surface area contributed by atoms with E-state index in [0.717, 1.165) is 25.1 Å². The smallest absolute Gasteiger partial charge is 0.325 e. The third kappa shape index (κ3) is 2.38. The lowest BCUT2D eigenvalue weighted by molar-refractivity contribution is 0.741. The number of rotatable bonds is 4. The van der Waals surface area contributed by atoms with Crippen molar-refractivity contribution < 1.29 is 0 Å². The Morgan fingerprint density at radius 2 is 2.00 bits per heavy atom. The summed E-state index contributed by atoms with van der Waals surface area (Å²) in [6.45, 7) is 1.99. The topological polar surface area (TPSA) is 72.7 Å². The number of hydrogen-bond acceptors (Lipinski definition) is 3. The van der Waals surface area contributed by atoms with Crippen molar-refractivity contribution in [1.29, 1.82) is 0 Å². The third-order valence-electron chi connectivity index (χ3n) is 3.23. The molecule has 2 rings (SSSR count). The summed E-state index contributed by atoms with van der Waals surface area (Å²) in [5.74, 6) is 0.825. The summed E-state index contributed by atoms with van der Waals surface area (Å²) in [4.78, 5) is 30.0. The van der Waals surface area contributed by atoms with Crippen molar-refractivity contribution in [3.05, 3.63) is 38.8 Å². The van der Waals surface area contributed by atoms with Crippen LogP contribution in [0, 0.1) is 0 Å². The number of imidazole rings is 1. The largest absolute Gasteiger partial charge is 0.329 e. The molecule has 0 spiro atoms. The van der Waals surface area contributed by atoms with Gasteiger partial charge >= 0.3 is 5.69 Å². The van der Waals surface area contributed by atoms with Crippen LogP contribution in [-0.2, 0) is 20.5 Å². The third-order valence-corrected chi connectivity index (χ3v) is 3.23. The number of allylic oxidation sites excluding steroid dienone is 2. The van der Waals surface area contributed by atoms with Gasteiger partial charge in [-0.2, -0.15) is 0 Å². The number of aryl methyl sites for hydroxylation is 3. The fourth-order valence-electron chi connectivity index (χ4n) is 2.12. The van der Waals surface area contributed by atoms with Crippen LogP contribution in [-0.4, -0.2) is 19.1 Å². The van der Waals surface area contributed by atoms with E-state index in [2.05, 4.69) is 16.0 Å². The van der Waals surface area contributed by atoms with Gasteiger partial charge in [0, 0.05) is 20.5 Å². The molecule has 0 radical (unpaired) electrons. The average Bonchev–Trinajstić information content (AvgIpc) is 2.70. The zero-order valence-corrected chi connectivity index (χ0v) is 11.4. The van der Waals surface area contributed by atoms with Crippen LogP contribution >= 0.6 is 0 Å². The summed E-state index contributed by atoms with van der Waals surface area (Å²) in [7, 11) is 3.41. The zero-order valence-electron chi connectivity index (χ0n) is 11.4. The van der Waals surface area contributed by atoms with Gasteiger partial charge in [-0.3, -0.25) is 14.3 Å². The van der Waals surface area contributed by atoms with Crippen LogP contribution in [0.25, 0.3) is 11.2 Å². The second kappa shape index (κ2) is 5.26. The van der Waals surface area contributed by atoms with Crippen LogP contribution in [0.15, 0.2) is 21.7 Å². The van der Waals surface area contributed by atoms with E-state index in [9.17, 15) is 9.59 Å². The monoisotopic (exact) mass is 262 g/mol. The first-order valence-electron chi connectivity index (χ1n) is 6.32. The molecule has 0 aliphatic heterocycles. The Balaban J connectivity index is 2.45. The maximum absolute atomic E-state index is 11.8. The molecule has 0 aliphatic rings. The summed E-state index contributed by atoms with van der Waals surface area (Å²) >= 11 is 0. The normalized spacial score (nSPS) is 11.7. The van der Waals surface area contributed by atoms with Crippen LogP contribution in [0.5, 0.6) is 0 Å². The summed E-state index contributed by atoms with van der Waals surface area (Å²) in [6.07, 6.45) is 6.85. The van der Waals surface area contributed by atoms with Gasteiger partial charge in [-0.15, -0.1) is 0 Å². The molecule has 0 fully saturated rings. The van der Waals surface area contributed by atoms with E-state index in [-0.39, 0.29) is 5.56 Å². The molecule has 2 aromatic heterocycles. The van der Waals surface area contributed by atoms with Gasteiger partial charge in [0.15, 0.2) is 11.2 Å². The van der Waals surface area contributed by atoms with E-state index in [1.807, 2.05) is 13.0 Å². The fourth-order valence-corrected chi connectivity index (χ4v) is 2.12. The Labute approximate surface area is 110 Å². The number of aromatic nitrogens is 4. The summed E-state index contributed by atoms with van der Waals surface area (Å²) < 4.78 is 3.13. The molecule has 6 nitrogen and oxygen atoms in total. The first kappa shape index (κ1) is 13.3. The van der Waals surface area contributed by atoms with Crippen molar-refractivity contribution in [3.8, 4) is 0 Å². The van der Waals surface area contributed by atoms with Crippen molar-refractivity contribution in [3.63, 3.8) is 0 Å². The van der Waals surface area contributed by atoms with Gasteiger partial charge in [0.1, 0.15) is 5.82 Å². The van der Waals surface area contributed by atoms with Crippen LogP contribution in [0.3, 0.4) is 0 Å². The van der Waals surface area contributed by atoms with Crippen molar-refractivity contribution in [1.82, 2.24) is 19.1 Å². The quantitative estimate of drug-likeness (QED) is 0.656. The second-order valence-corrected chi connectivity index (χ2v) is 4.54. The molecule has 2 heterocycles. The molecular formula is C13H18N4O2. The molecule has 0 aromatic carbocycles. The first-order valence-corrected chi connectivity index (χ1v) is 6.32. The molecule has 102 valence electrons. The van der Waals surface area contributed by atoms with E-state index in [1.54, 1.807) is 18.7 Å². The van der Waals surface area contributed by atoms with Gasteiger partial charge < -0.3 is 4.57 Å². The Kier molecular flexibility index (Phi) is 3.69. The standard InChI is InChI=1S/C13H18N4O2/c1-4-5-6-7-8-9-14-11-10(16(9)2)12(18)15-13(19)17(11)3/h4-5H,6-8H2,1-3H3,(H,15,18,19). The lowest BCUT2D eigenvalue weighted by atomic mass is 10.2. The lowest BCUT2D eigenvalue weighted by Crippen LogP contribution is -2.29. The highest BCUT2D eigenvalue weighted by molar-refractivity contribution is 5.70. The number of hydrogen-bond donors (Lipinski definition) is 1. The Bertz CT molecular complexity index is 733. The Morgan fingerprint density at radius 3 is 2.68 bits per heavy atom. The predicted molar refractivity (Wildman–Crippen MR) is 74.3 cm³/mol. The van der Waals surface area contributed by atoms with Gasteiger partial charge in [0.2, 0.25) is 0 Å². The van der Waals surface area contributed by atoms with Crippen molar-refractivity contribution in [2.45, 2.75) is 26.2 Å². The first-order chi connectivity index (χ1) is 9.06.